The molecule has 0 saturated heterocycles. The van der Waals surface area contributed by atoms with E-state index >= 15 is 0 Å². The van der Waals surface area contributed by atoms with Gasteiger partial charge in [-0.2, -0.15) is 8.78 Å². The molecule has 0 amide bonds. The average Bonchev–Trinajstić information content (AvgIpc) is 3.00. The molecule has 0 radical (unpaired) electrons. The van der Waals surface area contributed by atoms with Crippen LogP contribution >= 0.6 is 11.6 Å². The van der Waals surface area contributed by atoms with Crippen molar-refractivity contribution in [3.63, 3.8) is 0 Å². The predicted molar refractivity (Wildman–Crippen MR) is 67.3 cm³/mol. The third-order valence-corrected chi connectivity index (χ3v) is 3.98. The lowest BCUT2D eigenvalue weighted by atomic mass is 9.79. The summed E-state index contributed by atoms with van der Waals surface area (Å²) in [6.07, 6.45) is 1.98. The molecule has 0 bridgehead atoms. The summed E-state index contributed by atoms with van der Waals surface area (Å²) in [5.41, 5.74) is 6.71. The molecule has 18 heavy (non-hydrogen) atoms. The van der Waals surface area contributed by atoms with E-state index in [4.69, 9.17) is 17.3 Å². The van der Waals surface area contributed by atoms with E-state index in [1.165, 1.54) is 6.07 Å². The molecule has 0 heterocycles. The van der Waals surface area contributed by atoms with Gasteiger partial charge in [0, 0.05) is 11.0 Å². The Hall–Kier alpha value is -0.870. The first-order valence-electron chi connectivity index (χ1n) is 5.80. The van der Waals surface area contributed by atoms with Crippen LogP contribution in [0.2, 0.25) is 5.02 Å². The maximum absolute atomic E-state index is 12.1. The van der Waals surface area contributed by atoms with Crippen LogP contribution in [-0.2, 0) is 5.41 Å². The van der Waals surface area contributed by atoms with E-state index in [2.05, 4.69) is 4.74 Å². The van der Waals surface area contributed by atoms with Crippen molar-refractivity contribution in [1.82, 2.24) is 0 Å². The highest BCUT2D eigenvalue weighted by Gasteiger charge is 2.53. The zero-order valence-corrected chi connectivity index (χ0v) is 11.1. The Bertz CT molecular complexity index is 453. The Morgan fingerprint density at radius 3 is 2.39 bits per heavy atom. The van der Waals surface area contributed by atoms with Gasteiger partial charge in [0.1, 0.15) is 5.75 Å². The van der Waals surface area contributed by atoms with E-state index in [0.29, 0.717) is 0 Å². The summed E-state index contributed by atoms with van der Waals surface area (Å²) in [5, 5.41) is 0.198. The van der Waals surface area contributed by atoms with Crippen molar-refractivity contribution >= 4 is 11.6 Å². The highest BCUT2D eigenvalue weighted by Crippen LogP contribution is 2.55. The summed E-state index contributed by atoms with van der Waals surface area (Å²) in [6.45, 7) is 1.07. The summed E-state index contributed by atoms with van der Waals surface area (Å²) < 4.78 is 28.6. The molecule has 1 aliphatic rings. The Labute approximate surface area is 110 Å². The van der Waals surface area contributed by atoms with Crippen LogP contribution in [0, 0.1) is 0 Å². The summed E-state index contributed by atoms with van der Waals surface area (Å²) in [6, 6.07) is 4.93. The molecule has 2 rings (SSSR count). The first-order valence-corrected chi connectivity index (χ1v) is 6.18. The number of hydrogen-bond acceptors (Lipinski definition) is 2. The van der Waals surface area contributed by atoms with Gasteiger partial charge in [0.15, 0.2) is 0 Å². The molecule has 0 unspecified atom stereocenters. The molecular weight excluding hydrogens is 260 g/mol. The number of halogens is 3. The average molecular weight is 276 g/mol. The molecule has 1 aromatic carbocycles. The Morgan fingerprint density at radius 1 is 1.39 bits per heavy atom. The van der Waals surface area contributed by atoms with E-state index in [-0.39, 0.29) is 21.7 Å². The first-order chi connectivity index (χ1) is 8.26. The summed E-state index contributed by atoms with van der Waals surface area (Å²) in [4.78, 5) is 0. The molecule has 1 fully saturated rings. The van der Waals surface area contributed by atoms with Gasteiger partial charge >= 0.3 is 6.61 Å². The van der Waals surface area contributed by atoms with Crippen LogP contribution in [-0.4, -0.2) is 12.2 Å². The summed E-state index contributed by atoms with van der Waals surface area (Å²) in [5.74, 6) is 0.000967. The van der Waals surface area contributed by atoms with Crippen molar-refractivity contribution in [1.29, 1.82) is 0 Å². The molecule has 0 atom stereocenters. The fourth-order valence-electron chi connectivity index (χ4n) is 2.42. The van der Waals surface area contributed by atoms with Crippen LogP contribution < -0.4 is 10.5 Å². The zero-order chi connectivity index (χ0) is 13.6. The van der Waals surface area contributed by atoms with Gasteiger partial charge < -0.3 is 10.5 Å². The number of benzene rings is 1. The molecule has 100 valence electrons. The van der Waals surface area contributed by atoms with Gasteiger partial charge in [-0.25, -0.2) is 0 Å². The fourth-order valence-corrected chi connectivity index (χ4v) is 2.65. The van der Waals surface area contributed by atoms with E-state index < -0.39 is 6.61 Å². The van der Waals surface area contributed by atoms with Crippen LogP contribution in [0.15, 0.2) is 18.2 Å². The SMILES string of the molecule is CC(C)(N)C1(c2ccc(OC(F)F)c(Cl)c2)CC1. The molecule has 5 heteroatoms. The van der Waals surface area contributed by atoms with Crippen LogP contribution in [0.5, 0.6) is 5.75 Å². The van der Waals surface area contributed by atoms with E-state index in [9.17, 15) is 8.78 Å². The molecule has 2 N–H and O–H groups in total. The lowest BCUT2D eigenvalue weighted by Crippen LogP contribution is -2.45. The maximum atomic E-state index is 12.1. The van der Waals surface area contributed by atoms with Gasteiger partial charge in [0.05, 0.1) is 5.02 Å². The Balaban J connectivity index is 2.30. The number of rotatable bonds is 4. The molecular formula is C13H16ClF2NO. The second kappa shape index (κ2) is 4.35. The smallest absolute Gasteiger partial charge is 0.387 e. The van der Waals surface area contributed by atoms with Crippen molar-refractivity contribution < 1.29 is 13.5 Å². The van der Waals surface area contributed by atoms with Crippen LogP contribution in [0.3, 0.4) is 0 Å². The minimum absolute atomic E-state index is 0.000967. The minimum atomic E-state index is -2.87. The van der Waals surface area contributed by atoms with E-state index in [1.54, 1.807) is 12.1 Å². The van der Waals surface area contributed by atoms with Crippen molar-refractivity contribution in [3.05, 3.63) is 28.8 Å². The number of nitrogens with two attached hydrogens (primary N) is 1. The molecule has 0 aromatic heterocycles. The standard InChI is InChI=1S/C13H16ClF2NO/c1-12(2,17)13(5-6-13)8-3-4-10(9(14)7-8)18-11(15)16/h3-4,7,11H,5-6,17H2,1-2H3. The third kappa shape index (κ3) is 2.31. The second-order valence-electron chi connectivity index (χ2n) is 5.33. The lowest BCUT2D eigenvalue weighted by Gasteiger charge is -2.31. The van der Waals surface area contributed by atoms with E-state index in [0.717, 1.165) is 18.4 Å². The monoisotopic (exact) mass is 275 g/mol. The molecule has 2 nitrogen and oxygen atoms in total. The summed E-state index contributed by atoms with van der Waals surface area (Å²) in [7, 11) is 0. The zero-order valence-electron chi connectivity index (χ0n) is 10.3. The second-order valence-corrected chi connectivity index (χ2v) is 5.73. The van der Waals surface area contributed by atoms with Crippen molar-refractivity contribution in [2.75, 3.05) is 0 Å². The van der Waals surface area contributed by atoms with Crippen molar-refractivity contribution in [2.24, 2.45) is 5.73 Å². The number of hydrogen-bond donors (Lipinski definition) is 1. The lowest BCUT2D eigenvalue weighted by molar-refractivity contribution is -0.0498. The third-order valence-electron chi connectivity index (χ3n) is 3.68. The molecule has 1 aromatic rings. The van der Waals surface area contributed by atoms with Crippen LogP contribution in [0.1, 0.15) is 32.3 Å². The van der Waals surface area contributed by atoms with Gasteiger partial charge in [-0.05, 0) is 44.4 Å². The first kappa shape index (κ1) is 13.6. The van der Waals surface area contributed by atoms with Crippen LogP contribution in [0.4, 0.5) is 8.78 Å². The van der Waals surface area contributed by atoms with Gasteiger partial charge in [0.25, 0.3) is 0 Å². The fraction of sp³-hybridized carbons (Fsp3) is 0.538. The van der Waals surface area contributed by atoms with Gasteiger partial charge in [-0.1, -0.05) is 17.7 Å². The van der Waals surface area contributed by atoms with Crippen LogP contribution in [0.25, 0.3) is 0 Å². The van der Waals surface area contributed by atoms with Gasteiger partial charge in [0.2, 0.25) is 0 Å². The summed E-state index contributed by atoms with van der Waals surface area (Å²) >= 11 is 5.96. The highest BCUT2D eigenvalue weighted by molar-refractivity contribution is 6.32. The predicted octanol–water partition coefficient (Wildman–Crippen LogP) is 3.71. The number of ether oxygens (including phenoxy) is 1. The highest BCUT2D eigenvalue weighted by atomic mass is 35.5. The largest absolute Gasteiger partial charge is 0.433 e. The van der Waals surface area contributed by atoms with Gasteiger partial charge in [-0.15, -0.1) is 0 Å². The van der Waals surface area contributed by atoms with Crippen molar-refractivity contribution in [3.8, 4) is 5.75 Å². The quantitative estimate of drug-likeness (QED) is 0.909. The van der Waals surface area contributed by atoms with Crippen molar-refractivity contribution in [2.45, 2.75) is 44.3 Å². The topological polar surface area (TPSA) is 35.2 Å². The van der Waals surface area contributed by atoms with E-state index in [1.807, 2.05) is 13.8 Å². The normalized spacial score (nSPS) is 17.9. The number of alkyl halides is 2. The van der Waals surface area contributed by atoms with Gasteiger partial charge in [-0.3, -0.25) is 0 Å². The minimum Gasteiger partial charge on any atom is -0.433 e. The Morgan fingerprint density at radius 2 is 2.00 bits per heavy atom. The molecule has 1 saturated carbocycles. The maximum Gasteiger partial charge on any atom is 0.387 e. The molecule has 0 spiro atoms. The Kier molecular flexibility index (Phi) is 3.28. The molecule has 1 aliphatic carbocycles. The molecule has 0 aliphatic heterocycles.